The highest BCUT2D eigenvalue weighted by Gasteiger charge is 2.59. The number of carbonyl (C=O) groups excluding carboxylic acids is 2. The zero-order valence-corrected chi connectivity index (χ0v) is 13.6. The lowest BCUT2D eigenvalue weighted by molar-refractivity contribution is -0.141. The molecule has 2 amide bonds. The van der Waals surface area contributed by atoms with E-state index >= 15 is 0 Å². The molecule has 0 spiro atoms. The van der Waals surface area contributed by atoms with Gasteiger partial charge in [0.15, 0.2) is 0 Å². The van der Waals surface area contributed by atoms with Gasteiger partial charge in [-0.1, -0.05) is 12.2 Å². The van der Waals surface area contributed by atoms with Crippen LogP contribution in [0.3, 0.4) is 0 Å². The Labute approximate surface area is 135 Å². The molecule has 0 radical (unpaired) electrons. The molecule has 5 nitrogen and oxygen atoms in total. The molecule has 2 fully saturated rings. The minimum Gasteiger partial charge on any atom is -0.496 e. The van der Waals surface area contributed by atoms with E-state index in [1.807, 2.05) is 13.8 Å². The van der Waals surface area contributed by atoms with E-state index in [4.69, 9.17) is 4.74 Å². The molecule has 1 saturated carbocycles. The van der Waals surface area contributed by atoms with Crippen molar-refractivity contribution in [1.29, 1.82) is 0 Å². The molecule has 2 bridgehead atoms. The van der Waals surface area contributed by atoms with Crippen LogP contribution >= 0.6 is 0 Å². The zero-order chi connectivity index (χ0) is 16.3. The maximum absolute atomic E-state index is 12.7. The van der Waals surface area contributed by atoms with Crippen molar-refractivity contribution in [2.24, 2.45) is 23.7 Å². The van der Waals surface area contributed by atoms with Crippen LogP contribution in [0.4, 0.5) is 0 Å². The molecule has 1 aromatic heterocycles. The van der Waals surface area contributed by atoms with Crippen molar-refractivity contribution in [3.8, 4) is 5.75 Å². The van der Waals surface area contributed by atoms with Crippen LogP contribution in [0.2, 0.25) is 0 Å². The van der Waals surface area contributed by atoms with Gasteiger partial charge in [0.2, 0.25) is 11.8 Å². The fourth-order valence-corrected chi connectivity index (χ4v) is 4.50. The normalized spacial score (nSPS) is 31.2. The van der Waals surface area contributed by atoms with E-state index in [9.17, 15) is 9.59 Å². The van der Waals surface area contributed by atoms with Gasteiger partial charge in [0.1, 0.15) is 5.75 Å². The van der Waals surface area contributed by atoms with Crippen LogP contribution in [-0.2, 0) is 16.1 Å². The summed E-state index contributed by atoms with van der Waals surface area (Å²) in [5, 5.41) is 0. The molecule has 0 aromatic carbocycles. The number of hydrogen-bond acceptors (Lipinski definition) is 4. The molecule has 0 N–H and O–H groups in total. The van der Waals surface area contributed by atoms with Gasteiger partial charge in [0, 0.05) is 17.3 Å². The molecule has 1 aliphatic heterocycles. The molecule has 3 aliphatic rings. The van der Waals surface area contributed by atoms with E-state index in [1.54, 1.807) is 13.3 Å². The monoisotopic (exact) mass is 312 g/mol. The second-order valence-electron chi connectivity index (χ2n) is 6.81. The summed E-state index contributed by atoms with van der Waals surface area (Å²) < 4.78 is 5.41. The van der Waals surface area contributed by atoms with Gasteiger partial charge in [-0.25, -0.2) is 0 Å². The average molecular weight is 312 g/mol. The van der Waals surface area contributed by atoms with E-state index in [1.165, 1.54) is 4.90 Å². The Hall–Kier alpha value is -2.17. The number of ether oxygens (including phenoxy) is 1. The predicted molar refractivity (Wildman–Crippen MR) is 83.5 cm³/mol. The summed E-state index contributed by atoms with van der Waals surface area (Å²) in [6, 6.07) is 0. The highest BCUT2D eigenvalue weighted by Crippen LogP contribution is 2.52. The van der Waals surface area contributed by atoms with Gasteiger partial charge in [-0.15, -0.1) is 0 Å². The summed E-state index contributed by atoms with van der Waals surface area (Å²) in [4.78, 5) is 31.3. The molecule has 1 aromatic rings. The van der Waals surface area contributed by atoms with Crippen LogP contribution in [0, 0.1) is 37.5 Å². The maximum atomic E-state index is 12.7. The number of aromatic nitrogens is 1. The number of aryl methyl sites for hydroxylation is 1. The number of pyridine rings is 1. The summed E-state index contributed by atoms with van der Waals surface area (Å²) in [6.07, 6.45) is 6.91. The Balaban J connectivity index is 1.64. The van der Waals surface area contributed by atoms with Crippen molar-refractivity contribution >= 4 is 11.8 Å². The van der Waals surface area contributed by atoms with Crippen molar-refractivity contribution in [2.75, 3.05) is 7.11 Å². The molecule has 120 valence electrons. The molecule has 5 heteroatoms. The van der Waals surface area contributed by atoms with Crippen LogP contribution in [0.5, 0.6) is 5.75 Å². The number of methoxy groups -OCH3 is 1. The average Bonchev–Trinajstić information content (AvgIpc) is 3.19. The quantitative estimate of drug-likeness (QED) is 0.633. The standard InChI is InChI=1S/C18H20N2O3/c1-9-7-19-13(10(2)16(9)23-3)8-20-17(21)14-11-4-5-12(6-11)15(14)18(20)22/h4-5,7,11-12,14-15H,6,8H2,1-3H3/t11-,12-,14-,15+/m0/s1. The van der Waals surface area contributed by atoms with E-state index in [-0.39, 0.29) is 42.0 Å². The Kier molecular flexibility index (Phi) is 3.08. The number of imide groups is 1. The Morgan fingerprint density at radius 3 is 2.35 bits per heavy atom. The molecular weight excluding hydrogens is 292 g/mol. The summed E-state index contributed by atoms with van der Waals surface area (Å²) in [5.74, 6) is 0.905. The highest BCUT2D eigenvalue weighted by molar-refractivity contribution is 6.06. The molecule has 2 heterocycles. The first kappa shape index (κ1) is 14.4. The number of amides is 2. The topological polar surface area (TPSA) is 59.5 Å². The largest absolute Gasteiger partial charge is 0.496 e. The lowest BCUT2D eigenvalue weighted by Gasteiger charge is -2.19. The number of allylic oxidation sites excluding steroid dienone is 2. The molecular formula is C18H20N2O3. The third-order valence-electron chi connectivity index (χ3n) is 5.62. The maximum Gasteiger partial charge on any atom is 0.234 e. The van der Waals surface area contributed by atoms with Crippen molar-refractivity contribution in [3.05, 3.63) is 35.2 Å². The first-order valence-electron chi connectivity index (χ1n) is 8.05. The number of nitrogens with zero attached hydrogens (tertiary/aromatic N) is 2. The fourth-order valence-electron chi connectivity index (χ4n) is 4.50. The van der Waals surface area contributed by atoms with Crippen molar-refractivity contribution in [1.82, 2.24) is 9.88 Å². The van der Waals surface area contributed by atoms with Crippen molar-refractivity contribution < 1.29 is 14.3 Å². The van der Waals surface area contributed by atoms with Crippen molar-refractivity contribution in [3.63, 3.8) is 0 Å². The predicted octanol–water partition coefficient (Wildman–Crippen LogP) is 2.01. The van der Waals surface area contributed by atoms with Gasteiger partial charge >= 0.3 is 0 Å². The lowest BCUT2D eigenvalue weighted by Crippen LogP contribution is -2.33. The van der Waals surface area contributed by atoms with Crippen LogP contribution < -0.4 is 4.74 Å². The summed E-state index contributed by atoms with van der Waals surface area (Å²) in [6.45, 7) is 4.10. The van der Waals surface area contributed by atoms with E-state index < -0.39 is 0 Å². The second kappa shape index (κ2) is 4.91. The van der Waals surface area contributed by atoms with Crippen LogP contribution in [0.1, 0.15) is 23.2 Å². The first-order valence-corrected chi connectivity index (χ1v) is 8.05. The minimum atomic E-state index is -0.148. The number of likely N-dealkylation sites (tertiary alicyclic amines) is 1. The molecule has 0 unspecified atom stereocenters. The lowest BCUT2D eigenvalue weighted by atomic mass is 9.85. The van der Waals surface area contributed by atoms with Gasteiger partial charge in [-0.2, -0.15) is 0 Å². The number of fused-ring (bicyclic) bond motifs is 5. The van der Waals surface area contributed by atoms with Gasteiger partial charge < -0.3 is 4.74 Å². The third-order valence-corrected chi connectivity index (χ3v) is 5.62. The van der Waals surface area contributed by atoms with Crippen LogP contribution in [-0.4, -0.2) is 28.8 Å². The van der Waals surface area contributed by atoms with E-state index in [2.05, 4.69) is 17.1 Å². The number of carbonyl (C=O) groups is 2. The van der Waals surface area contributed by atoms with Gasteiger partial charge in [0.05, 0.1) is 31.2 Å². The minimum absolute atomic E-state index is 0.0300. The third kappa shape index (κ3) is 1.89. The SMILES string of the molecule is COc1c(C)cnc(CN2C(=O)[C@@H]3[C@H](C2=O)[C@H]2C=C[C@H]3C2)c1C. The van der Waals surface area contributed by atoms with Crippen LogP contribution in [0.15, 0.2) is 18.3 Å². The van der Waals surface area contributed by atoms with E-state index in [0.717, 1.165) is 29.0 Å². The molecule has 23 heavy (non-hydrogen) atoms. The van der Waals surface area contributed by atoms with Gasteiger partial charge in [0.25, 0.3) is 0 Å². The fraction of sp³-hybridized carbons (Fsp3) is 0.500. The zero-order valence-electron chi connectivity index (χ0n) is 13.6. The smallest absolute Gasteiger partial charge is 0.234 e. The molecule has 2 aliphatic carbocycles. The van der Waals surface area contributed by atoms with Gasteiger partial charge in [-0.3, -0.25) is 19.5 Å². The molecule has 4 atom stereocenters. The second-order valence-corrected chi connectivity index (χ2v) is 6.81. The number of hydrogen-bond donors (Lipinski definition) is 0. The summed E-state index contributed by atoms with van der Waals surface area (Å²) in [7, 11) is 1.62. The Morgan fingerprint density at radius 1 is 1.17 bits per heavy atom. The summed E-state index contributed by atoms with van der Waals surface area (Å²) >= 11 is 0. The first-order chi connectivity index (χ1) is 11.0. The van der Waals surface area contributed by atoms with Gasteiger partial charge in [-0.05, 0) is 32.1 Å². The van der Waals surface area contributed by atoms with E-state index in [0.29, 0.717) is 0 Å². The number of rotatable bonds is 3. The van der Waals surface area contributed by atoms with Crippen molar-refractivity contribution in [2.45, 2.75) is 26.8 Å². The summed E-state index contributed by atoms with van der Waals surface area (Å²) in [5.41, 5.74) is 2.58. The Morgan fingerprint density at radius 2 is 1.78 bits per heavy atom. The highest BCUT2D eigenvalue weighted by atomic mass is 16.5. The van der Waals surface area contributed by atoms with Crippen LogP contribution in [0.25, 0.3) is 0 Å². The Bertz CT molecular complexity index is 710. The molecule has 1 saturated heterocycles. The molecule has 4 rings (SSSR count).